The number of rotatable bonds is 9. The summed E-state index contributed by atoms with van der Waals surface area (Å²) in [4.78, 5) is 35.3. The predicted octanol–water partition coefficient (Wildman–Crippen LogP) is 6.73. The number of ketones is 2. The number of Topliss-reactive ketones (excluding diaryl/α,β-unsaturated/α-hetero) is 2. The van der Waals surface area contributed by atoms with Gasteiger partial charge in [-0.05, 0) is 43.2 Å². The second-order valence-corrected chi connectivity index (χ2v) is 10.6. The summed E-state index contributed by atoms with van der Waals surface area (Å²) in [6.45, 7) is 1.67. The van der Waals surface area contributed by atoms with E-state index >= 15 is 0 Å². The summed E-state index contributed by atoms with van der Waals surface area (Å²) in [6.07, 6.45) is 4.39. The average Bonchev–Trinajstić information content (AvgIpc) is 3.58. The van der Waals surface area contributed by atoms with Crippen molar-refractivity contribution in [2.24, 2.45) is 12.0 Å². The Kier molecular flexibility index (Phi) is 7.86. The molecular weight excluding hydrogens is 525 g/mol. The fourth-order valence-electron chi connectivity index (χ4n) is 3.43. The van der Waals surface area contributed by atoms with Crippen LogP contribution in [0, 0.1) is 0 Å². The minimum atomic E-state index is -0.181. The maximum atomic E-state index is 12.7. The molecule has 4 aromatic rings. The summed E-state index contributed by atoms with van der Waals surface area (Å²) < 4.78 is 1.88. The molecule has 6 nitrogen and oxygen atoms in total. The topological polar surface area (TPSA) is 84.5 Å². The van der Waals surface area contributed by atoms with Crippen LogP contribution in [-0.2, 0) is 13.5 Å². The number of aromatic nitrogens is 2. The Balaban J connectivity index is 1.40. The Morgan fingerprint density at radius 1 is 1.11 bits per heavy atom. The van der Waals surface area contributed by atoms with Gasteiger partial charge < -0.3 is 9.67 Å². The molecule has 1 N–H and O–H groups in total. The number of carbonyl (C=O) groups excluding carboxylic acids is 2. The lowest BCUT2D eigenvalue weighted by Gasteiger charge is -2.03. The molecule has 0 fully saturated rings. The van der Waals surface area contributed by atoms with E-state index in [-0.39, 0.29) is 23.9 Å². The highest BCUT2D eigenvalue weighted by atomic mass is 35.5. The number of halogens is 2. The Bertz CT molecular complexity index is 1440. The van der Waals surface area contributed by atoms with Gasteiger partial charge in [-0.2, -0.15) is 0 Å². The van der Waals surface area contributed by atoms with Gasteiger partial charge in [0.2, 0.25) is 0 Å². The summed E-state index contributed by atoms with van der Waals surface area (Å²) in [5.41, 5.74) is 2.83. The molecule has 10 heteroatoms. The summed E-state index contributed by atoms with van der Waals surface area (Å²) in [5, 5.41) is 13.4. The van der Waals surface area contributed by atoms with E-state index in [0.717, 1.165) is 11.3 Å². The number of imidazole rings is 1. The molecule has 0 amide bonds. The van der Waals surface area contributed by atoms with E-state index in [9.17, 15) is 14.7 Å². The molecule has 0 bridgehead atoms. The average molecular weight is 547 g/mol. The first-order valence-electron chi connectivity index (χ1n) is 10.6. The molecule has 1 aromatic carbocycles. The number of carbonyl (C=O) groups is 2. The quantitative estimate of drug-likeness (QED) is 0.186. The molecular formula is C25H21Cl2N3O3S2. The number of hydrogen-bond acceptors (Lipinski definition) is 7. The number of nitrogens with zero attached hydrogens (tertiary/aromatic N) is 3. The highest BCUT2D eigenvalue weighted by Crippen LogP contribution is 2.40. The molecule has 3 heterocycles. The number of thiophene rings is 2. The first kappa shape index (κ1) is 25.3. The molecule has 0 radical (unpaired) electrons. The predicted molar refractivity (Wildman–Crippen MR) is 143 cm³/mol. The molecule has 0 aliphatic heterocycles. The van der Waals surface area contributed by atoms with Gasteiger partial charge in [0.1, 0.15) is 12.3 Å². The fraction of sp³-hybridized carbons (Fsp3) is 0.200. The largest absolute Gasteiger partial charge is 0.506 e. The van der Waals surface area contributed by atoms with Crippen molar-refractivity contribution >= 4 is 63.2 Å². The zero-order chi connectivity index (χ0) is 25.1. The summed E-state index contributed by atoms with van der Waals surface area (Å²) >= 11 is 14.6. The maximum Gasteiger partial charge on any atom is 0.194 e. The van der Waals surface area contributed by atoms with Gasteiger partial charge in [0.25, 0.3) is 0 Å². The first-order valence-corrected chi connectivity index (χ1v) is 13.1. The molecule has 0 aliphatic rings. The monoisotopic (exact) mass is 545 g/mol. The van der Waals surface area contributed by atoms with E-state index in [1.165, 1.54) is 22.7 Å². The van der Waals surface area contributed by atoms with Crippen LogP contribution in [0.3, 0.4) is 0 Å². The van der Waals surface area contributed by atoms with E-state index in [1.54, 1.807) is 55.2 Å². The van der Waals surface area contributed by atoms with Gasteiger partial charge in [-0.15, -0.1) is 22.7 Å². The van der Waals surface area contributed by atoms with Crippen LogP contribution in [-0.4, -0.2) is 38.5 Å². The van der Waals surface area contributed by atoms with Gasteiger partial charge in [0.05, 0.1) is 31.0 Å². The smallest absolute Gasteiger partial charge is 0.194 e. The number of aromatic hydroxyl groups is 1. The zero-order valence-corrected chi connectivity index (χ0v) is 22.1. The van der Waals surface area contributed by atoms with Crippen LogP contribution >= 0.6 is 45.9 Å². The van der Waals surface area contributed by atoms with E-state index in [0.29, 0.717) is 48.8 Å². The number of hydrogen-bond donors (Lipinski definition) is 1. The molecule has 4 rings (SSSR count). The standard InChI is InChI=1S/C25H21Cl2N3O3S2/c1-14(17-12-34-25(24(17)33)15-3-5-18(26)19(27)9-15)29-11-21(32)23-8-7-22(35-23)20(31)6-4-16-10-28-13-30(16)2/h3,5,7-10,12-13,33H,4,6,11H2,1-2H3. The van der Waals surface area contributed by atoms with Gasteiger partial charge in [0.15, 0.2) is 11.6 Å². The van der Waals surface area contributed by atoms with Crippen LogP contribution in [0.1, 0.15) is 43.9 Å². The number of aryl methyl sites for hydroxylation is 2. The molecule has 0 atom stereocenters. The normalized spacial score (nSPS) is 11.7. The Labute approximate surface area is 220 Å². The van der Waals surface area contributed by atoms with Crippen LogP contribution in [0.4, 0.5) is 0 Å². The van der Waals surface area contributed by atoms with Crippen LogP contribution in [0.2, 0.25) is 10.0 Å². The second kappa shape index (κ2) is 10.9. The molecule has 180 valence electrons. The van der Waals surface area contributed by atoms with Crippen molar-refractivity contribution in [2.45, 2.75) is 19.8 Å². The van der Waals surface area contributed by atoms with Gasteiger partial charge in [0, 0.05) is 42.0 Å². The van der Waals surface area contributed by atoms with Gasteiger partial charge in [-0.25, -0.2) is 4.98 Å². The first-order chi connectivity index (χ1) is 16.7. The number of aliphatic imine (C=N–C) groups is 1. The van der Waals surface area contributed by atoms with Gasteiger partial charge >= 0.3 is 0 Å². The lowest BCUT2D eigenvalue weighted by Crippen LogP contribution is -2.04. The van der Waals surface area contributed by atoms with Crippen LogP contribution < -0.4 is 0 Å². The van der Waals surface area contributed by atoms with Crippen molar-refractivity contribution < 1.29 is 14.7 Å². The minimum absolute atomic E-state index is 0.00652. The lowest BCUT2D eigenvalue weighted by molar-refractivity contribution is 0.0984. The third-order valence-corrected chi connectivity index (χ3v) is 8.40. The van der Waals surface area contributed by atoms with E-state index < -0.39 is 0 Å². The van der Waals surface area contributed by atoms with Crippen molar-refractivity contribution in [1.82, 2.24) is 9.55 Å². The highest BCUT2D eigenvalue weighted by molar-refractivity contribution is 7.16. The van der Waals surface area contributed by atoms with Crippen molar-refractivity contribution in [3.05, 3.63) is 79.3 Å². The fourth-order valence-corrected chi connectivity index (χ4v) is 5.64. The van der Waals surface area contributed by atoms with Crippen molar-refractivity contribution in [2.75, 3.05) is 6.54 Å². The van der Waals surface area contributed by atoms with Gasteiger partial charge in [-0.1, -0.05) is 29.3 Å². The molecule has 0 spiro atoms. The van der Waals surface area contributed by atoms with E-state index in [1.807, 2.05) is 11.6 Å². The summed E-state index contributed by atoms with van der Waals surface area (Å²) in [5.74, 6) is -0.105. The van der Waals surface area contributed by atoms with Crippen LogP contribution in [0.25, 0.3) is 10.4 Å². The van der Waals surface area contributed by atoms with Crippen molar-refractivity contribution in [3.8, 4) is 16.2 Å². The van der Waals surface area contributed by atoms with Crippen LogP contribution in [0.15, 0.2) is 53.2 Å². The molecule has 0 unspecified atom stereocenters. The SMILES string of the molecule is CC(=NCC(=O)c1ccc(C(=O)CCc2cncn2C)s1)c1csc(-c2ccc(Cl)c(Cl)c2)c1O. The minimum Gasteiger partial charge on any atom is -0.506 e. The Hall–Kier alpha value is -2.78. The zero-order valence-electron chi connectivity index (χ0n) is 18.9. The maximum absolute atomic E-state index is 12.7. The molecule has 0 aliphatic carbocycles. The van der Waals surface area contributed by atoms with E-state index in [4.69, 9.17) is 23.2 Å². The summed E-state index contributed by atoms with van der Waals surface area (Å²) in [6, 6.07) is 8.51. The van der Waals surface area contributed by atoms with E-state index in [2.05, 4.69) is 9.98 Å². The van der Waals surface area contributed by atoms with Crippen molar-refractivity contribution in [3.63, 3.8) is 0 Å². The third-order valence-electron chi connectivity index (χ3n) is 5.48. The van der Waals surface area contributed by atoms with Gasteiger partial charge in [-0.3, -0.25) is 14.6 Å². The third kappa shape index (κ3) is 5.73. The molecule has 0 saturated carbocycles. The molecule has 3 aromatic heterocycles. The van der Waals surface area contributed by atoms with Crippen LogP contribution in [0.5, 0.6) is 5.75 Å². The lowest BCUT2D eigenvalue weighted by atomic mass is 10.1. The Morgan fingerprint density at radius 2 is 1.86 bits per heavy atom. The molecule has 35 heavy (non-hydrogen) atoms. The highest BCUT2D eigenvalue weighted by Gasteiger charge is 2.17. The second-order valence-electron chi connectivity index (χ2n) is 7.86. The summed E-state index contributed by atoms with van der Waals surface area (Å²) in [7, 11) is 1.89. The molecule has 0 saturated heterocycles. The Morgan fingerprint density at radius 3 is 2.54 bits per heavy atom. The van der Waals surface area contributed by atoms with Crippen molar-refractivity contribution in [1.29, 1.82) is 0 Å². The number of benzene rings is 1.